The van der Waals surface area contributed by atoms with Crippen LogP contribution in [0.2, 0.25) is 5.02 Å². The topological polar surface area (TPSA) is 96.5 Å². The zero-order valence-electron chi connectivity index (χ0n) is 16.0. The minimum absolute atomic E-state index is 0.0437. The molecule has 3 aromatic rings. The van der Waals surface area contributed by atoms with Gasteiger partial charge < -0.3 is 9.52 Å². The fraction of sp³-hybridized carbons (Fsp3) is 0.200. The van der Waals surface area contributed by atoms with E-state index >= 15 is 0 Å². The largest absolute Gasteiger partial charge is 0.503 e. The Morgan fingerprint density at radius 3 is 2.63 bits per heavy atom. The smallest absolute Gasteiger partial charge is 0.296 e. The highest BCUT2D eigenvalue weighted by Gasteiger charge is 2.46. The van der Waals surface area contributed by atoms with Gasteiger partial charge in [0.1, 0.15) is 5.76 Å². The van der Waals surface area contributed by atoms with Crippen molar-refractivity contribution in [1.82, 2.24) is 10.2 Å². The third kappa shape index (κ3) is 3.64. The van der Waals surface area contributed by atoms with Gasteiger partial charge in [0.25, 0.3) is 5.91 Å². The van der Waals surface area contributed by atoms with Crippen LogP contribution in [-0.2, 0) is 4.79 Å². The van der Waals surface area contributed by atoms with Gasteiger partial charge in [-0.25, -0.2) is 0 Å². The summed E-state index contributed by atoms with van der Waals surface area (Å²) < 4.78 is 6.14. The van der Waals surface area contributed by atoms with Crippen LogP contribution in [0.5, 0.6) is 0 Å². The van der Waals surface area contributed by atoms with Crippen molar-refractivity contribution in [2.45, 2.75) is 24.2 Å². The number of halogens is 1. The highest BCUT2D eigenvalue weighted by molar-refractivity contribution is 8.01. The summed E-state index contributed by atoms with van der Waals surface area (Å²) in [4.78, 5) is 27.5. The predicted molar refractivity (Wildman–Crippen MR) is 115 cm³/mol. The number of hydrogen-bond acceptors (Lipinski definition) is 8. The Bertz CT molecular complexity index is 1150. The predicted octanol–water partition coefficient (Wildman–Crippen LogP) is 4.99. The molecule has 1 N–H and O–H groups in total. The normalized spacial score (nSPS) is 16.6. The Morgan fingerprint density at radius 1 is 1.27 bits per heavy atom. The number of aromatic nitrogens is 2. The van der Waals surface area contributed by atoms with Crippen molar-refractivity contribution in [3.63, 3.8) is 0 Å². The number of aliphatic hydroxyl groups excluding tert-OH is 1. The molecule has 1 unspecified atom stereocenters. The lowest BCUT2D eigenvalue weighted by Crippen LogP contribution is -2.31. The van der Waals surface area contributed by atoms with E-state index in [9.17, 15) is 14.7 Å². The molecule has 1 aliphatic rings. The van der Waals surface area contributed by atoms with E-state index in [1.807, 2.05) is 6.92 Å². The molecule has 2 aromatic heterocycles. The van der Waals surface area contributed by atoms with Crippen LogP contribution < -0.4 is 4.90 Å². The molecule has 0 saturated carbocycles. The molecule has 0 aliphatic carbocycles. The first kappa shape index (κ1) is 20.6. The standard InChI is InChI=1S/C20H16ClN3O4S2/c1-3-29-20-23-22-19(30-20)24-15(11-5-7-12(21)8-6-11)14(17(26)18(24)27)16(25)13-9-4-10(2)28-13/h4-9,15,26H,3H2,1-2H3. The molecule has 1 aromatic carbocycles. The van der Waals surface area contributed by atoms with E-state index in [1.165, 1.54) is 34.1 Å². The number of carbonyl (C=O) groups is 2. The Morgan fingerprint density at radius 2 is 2.00 bits per heavy atom. The van der Waals surface area contributed by atoms with Crippen molar-refractivity contribution in [3.8, 4) is 0 Å². The molecule has 0 spiro atoms. The number of rotatable bonds is 6. The SMILES string of the molecule is CCSc1nnc(N2C(=O)C(O)=C(C(=O)c3ccc(C)o3)C2c2ccc(Cl)cc2)s1. The van der Waals surface area contributed by atoms with Crippen LogP contribution in [0.1, 0.15) is 34.8 Å². The summed E-state index contributed by atoms with van der Waals surface area (Å²) >= 11 is 8.73. The van der Waals surface area contributed by atoms with E-state index in [1.54, 1.807) is 37.3 Å². The number of carbonyl (C=O) groups excluding carboxylic acids is 2. The van der Waals surface area contributed by atoms with Gasteiger partial charge in [0.2, 0.25) is 10.9 Å². The van der Waals surface area contributed by atoms with Crippen LogP contribution in [0.15, 0.2) is 56.5 Å². The number of thioether (sulfide) groups is 1. The van der Waals surface area contributed by atoms with E-state index < -0.39 is 23.5 Å². The van der Waals surface area contributed by atoms with E-state index in [0.717, 1.165) is 5.75 Å². The molecule has 1 aliphatic heterocycles. The summed E-state index contributed by atoms with van der Waals surface area (Å²) in [7, 11) is 0. The van der Waals surface area contributed by atoms with Crippen molar-refractivity contribution >= 4 is 51.5 Å². The van der Waals surface area contributed by atoms with Gasteiger partial charge in [-0.1, -0.05) is 53.8 Å². The van der Waals surface area contributed by atoms with Gasteiger partial charge in [-0.2, -0.15) is 0 Å². The Labute approximate surface area is 185 Å². The van der Waals surface area contributed by atoms with E-state index in [2.05, 4.69) is 10.2 Å². The molecule has 10 heteroatoms. The van der Waals surface area contributed by atoms with Crippen LogP contribution >= 0.6 is 34.7 Å². The number of aliphatic hydroxyl groups is 1. The number of Topliss-reactive ketones (excluding diaryl/α,β-unsaturated/α-hetero) is 1. The molecule has 154 valence electrons. The number of aryl methyl sites for hydroxylation is 1. The highest BCUT2D eigenvalue weighted by Crippen LogP contribution is 2.43. The van der Waals surface area contributed by atoms with Crippen LogP contribution in [0.4, 0.5) is 5.13 Å². The second kappa shape index (κ2) is 8.25. The average molecular weight is 462 g/mol. The molecule has 0 fully saturated rings. The van der Waals surface area contributed by atoms with Crippen molar-refractivity contribution < 1.29 is 19.1 Å². The van der Waals surface area contributed by atoms with Gasteiger partial charge in [-0.05, 0) is 42.5 Å². The number of hydrogen-bond donors (Lipinski definition) is 1. The number of nitrogens with zero attached hydrogens (tertiary/aromatic N) is 3. The number of anilines is 1. The zero-order valence-corrected chi connectivity index (χ0v) is 18.3. The van der Waals surface area contributed by atoms with Crippen LogP contribution in [0, 0.1) is 6.92 Å². The molecule has 1 atom stereocenters. The van der Waals surface area contributed by atoms with Gasteiger partial charge in [0.15, 0.2) is 15.9 Å². The maximum Gasteiger partial charge on any atom is 0.296 e. The number of furan rings is 1. The van der Waals surface area contributed by atoms with Gasteiger partial charge in [0.05, 0.1) is 11.6 Å². The van der Waals surface area contributed by atoms with Crippen LogP contribution in [-0.4, -0.2) is 32.7 Å². The molecule has 0 radical (unpaired) electrons. The van der Waals surface area contributed by atoms with Crippen molar-refractivity contribution in [3.05, 3.63) is 69.8 Å². The third-order valence-electron chi connectivity index (χ3n) is 4.47. The summed E-state index contributed by atoms with van der Waals surface area (Å²) in [5.74, 6) is -0.521. The second-order valence-corrected chi connectivity index (χ2v) is 9.32. The van der Waals surface area contributed by atoms with E-state index in [0.29, 0.717) is 25.8 Å². The summed E-state index contributed by atoms with van der Waals surface area (Å²) in [6.45, 7) is 3.70. The summed E-state index contributed by atoms with van der Waals surface area (Å²) in [6.07, 6.45) is 0. The van der Waals surface area contributed by atoms with Crippen LogP contribution in [0.25, 0.3) is 0 Å². The highest BCUT2D eigenvalue weighted by atomic mass is 35.5. The van der Waals surface area contributed by atoms with Crippen molar-refractivity contribution in [2.75, 3.05) is 10.7 Å². The first-order chi connectivity index (χ1) is 14.4. The summed E-state index contributed by atoms with van der Waals surface area (Å²) in [5.41, 5.74) is 0.528. The van der Waals surface area contributed by atoms with Gasteiger partial charge in [0, 0.05) is 5.02 Å². The number of benzene rings is 1. The Balaban J connectivity index is 1.83. The lowest BCUT2D eigenvalue weighted by Gasteiger charge is -2.23. The number of ketones is 1. The fourth-order valence-electron chi connectivity index (χ4n) is 3.17. The van der Waals surface area contributed by atoms with E-state index in [-0.39, 0.29) is 11.3 Å². The zero-order chi connectivity index (χ0) is 21.4. The third-order valence-corrected chi connectivity index (χ3v) is 6.66. The molecular weight excluding hydrogens is 446 g/mol. The molecular formula is C20H16ClN3O4S2. The van der Waals surface area contributed by atoms with Gasteiger partial charge >= 0.3 is 0 Å². The minimum Gasteiger partial charge on any atom is -0.503 e. The second-order valence-electron chi connectivity index (χ2n) is 6.41. The van der Waals surface area contributed by atoms with Gasteiger partial charge in [-0.3, -0.25) is 14.5 Å². The fourth-order valence-corrected chi connectivity index (χ4v) is 5.06. The molecule has 30 heavy (non-hydrogen) atoms. The van der Waals surface area contributed by atoms with Gasteiger partial charge in [-0.15, -0.1) is 10.2 Å². The maximum absolute atomic E-state index is 13.2. The molecule has 1 amide bonds. The van der Waals surface area contributed by atoms with Crippen molar-refractivity contribution in [1.29, 1.82) is 0 Å². The first-order valence-electron chi connectivity index (χ1n) is 9.00. The lowest BCUT2D eigenvalue weighted by molar-refractivity contribution is -0.117. The lowest BCUT2D eigenvalue weighted by atomic mass is 9.95. The van der Waals surface area contributed by atoms with Crippen LogP contribution in [0.3, 0.4) is 0 Å². The summed E-state index contributed by atoms with van der Waals surface area (Å²) in [5, 5.41) is 19.7. The molecule has 4 rings (SSSR count). The Kier molecular flexibility index (Phi) is 5.68. The minimum atomic E-state index is -0.889. The molecule has 0 bridgehead atoms. The van der Waals surface area contributed by atoms with E-state index in [4.69, 9.17) is 16.0 Å². The Hall–Kier alpha value is -2.62. The number of amides is 1. The monoisotopic (exact) mass is 461 g/mol. The first-order valence-corrected chi connectivity index (χ1v) is 11.2. The average Bonchev–Trinajstić information content (AvgIpc) is 3.42. The van der Waals surface area contributed by atoms with Crippen molar-refractivity contribution in [2.24, 2.45) is 0 Å². The molecule has 3 heterocycles. The molecule has 7 nitrogen and oxygen atoms in total. The summed E-state index contributed by atoms with van der Waals surface area (Å²) in [6, 6.07) is 9.00. The quantitative estimate of drug-likeness (QED) is 0.314. The molecule has 0 saturated heterocycles. The maximum atomic E-state index is 13.2.